The summed E-state index contributed by atoms with van der Waals surface area (Å²) in [4.78, 5) is 27.7. The van der Waals surface area contributed by atoms with Gasteiger partial charge in [0.2, 0.25) is 21.8 Å². The average molecular weight is 537 g/mol. The third-order valence-electron chi connectivity index (χ3n) is 6.67. The van der Waals surface area contributed by atoms with E-state index in [2.05, 4.69) is 25.3 Å². The lowest BCUT2D eigenvalue weighted by molar-refractivity contribution is -0.145. The monoisotopic (exact) mass is 536 g/mol. The lowest BCUT2D eigenvalue weighted by atomic mass is 10.1. The zero-order valence-corrected chi connectivity index (χ0v) is 20.0. The van der Waals surface area contributed by atoms with Gasteiger partial charge in [0.15, 0.2) is 0 Å². The standard InChI is InChI=1S/C23H20F4N6O3S/c1-12-17-7-19(33(20(12)17)37(35,36)16-4-2-14(24)3-5-16)21(34)28-10-15-6-18(32-11-31-15)13-8-29-22(30-9-13)23(25,26)27/h2-6,8-9,11-12,17,19-20H,7,10H2,1H3,(H,28,34)/t12-,17+,19-,20-/m0/s1. The summed E-state index contributed by atoms with van der Waals surface area (Å²) in [7, 11) is -4.04. The second kappa shape index (κ2) is 9.10. The van der Waals surface area contributed by atoms with Crippen molar-refractivity contribution in [2.24, 2.45) is 11.8 Å². The largest absolute Gasteiger partial charge is 0.451 e. The summed E-state index contributed by atoms with van der Waals surface area (Å²) in [6.45, 7) is 1.85. The zero-order valence-electron chi connectivity index (χ0n) is 19.2. The van der Waals surface area contributed by atoms with E-state index in [9.17, 15) is 30.8 Å². The average Bonchev–Trinajstić information content (AvgIpc) is 3.29. The number of piperidine rings is 1. The first kappa shape index (κ1) is 25.1. The number of benzene rings is 1. The van der Waals surface area contributed by atoms with Crippen molar-refractivity contribution in [1.29, 1.82) is 0 Å². The molecule has 1 aliphatic carbocycles. The fourth-order valence-electron chi connectivity index (χ4n) is 4.70. The smallest absolute Gasteiger partial charge is 0.349 e. The highest BCUT2D eigenvalue weighted by atomic mass is 32.2. The van der Waals surface area contributed by atoms with Gasteiger partial charge in [0.25, 0.3) is 0 Å². The van der Waals surface area contributed by atoms with Gasteiger partial charge in [0.05, 0.1) is 22.8 Å². The molecule has 194 valence electrons. The number of carbonyl (C=O) groups is 1. The number of nitrogens with one attached hydrogen (secondary N) is 1. The maximum atomic E-state index is 13.3. The molecule has 1 N–H and O–H groups in total. The van der Waals surface area contributed by atoms with E-state index in [-0.39, 0.29) is 40.6 Å². The van der Waals surface area contributed by atoms with E-state index in [1.54, 1.807) is 0 Å². The number of hydrogen-bond donors (Lipinski definition) is 1. The van der Waals surface area contributed by atoms with Gasteiger partial charge in [0.1, 0.15) is 18.2 Å². The molecule has 9 nitrogen and oxygen atoms in total. The molecule has 2 aliphatic rings. The summed E-state index contributed by atoms with van der Waals surface area (Å²) in [5.41, 5.74) is 0.830. The van der Waals surface area contributed by atoms with Crippen LogP contribution in [0.5, 0.6) is 0 Å². The van der Waals surface area contributed by atoms with Gasteiger partial charge < -0.3 is 5.32 Å². The van der Waals surface area contributed by atoms with Crippen LogP contribution in [0.1, 0.15) is 24.9 Å². The van der Waals surface area contributed by atoms with Crippen LogP contribution in [0.15, 0.2) is 53.9 Å². The first-order valence-corrected chi connectivity index (χ1v) is 12.7. The highest BCUT2D eigenvalue weighted by molar-refractivity contribution is 7.89. The van der Waals surface area contributed by atoms with Crippen LogP contribution in [-0.2, 0) is 27.5 Å². The number of amides is 1. The predicted octanol–water partition coefficient (Wildman–Crippen LogP) is 2.81. The van der Waals surface area contributed by atoms with Crippen LogP contribution in [0, 0.1) is 17.7 Å². The van der Waals surface area contributed by atoms with E-state index in [1.165, 1.54) is 28.8 Å². The highest BCUT2D eigenvalue weighted by Crippen LogP contribution is 2.55. The Bertz CT molecular complexity index is 1430. The predicted molar refractivity (Wildman–Crippen MR) is 120 cm³/mol. The molecule has 0 spiro atoms. The van der Waals surface area contributed by atoms with E-state index in [0.717, 1.165) is 24.5 Å². The molecule has 2 aromatic heterocycles. The zero-order chi connectivity index (χ0) is 26.5. The lowest BCUT2D eigenvalue weighted by Gasteiger charge is -2.27. The van der Waals surface area contributed by atoms with Gasteiger partial charge in [-0.05, 0) is 48.6 Å². The van der Waals surface area contributed by atoms with Crippen molar-refractivity contribution in [2.75, 3.05) is 0 Å². The van der Waals surface area contributed by atoms with Crippen molar-refractivity contribution in [3.63, 3.8) is 0 Å². The quantitative estimate of drug-likeness (QED) is 0.482. The fraction of sp³-hybridized carbons (Fsp3) is 0.348. The third-order valence-corrected chi connectivity index (χ3v) is 8.59. The first-order valence-electron chi connectivity index (χ1n) is 11.2. The van der Waals surface area contributed by atoms with Crippen LogP contribution in [-0.4, -0.2) is 50.6 Å². The number of hydrogen-bond acceptors (Lipinski definition) is 7. The Labute approximate surface area is 209 Å². The van der Waals surface area contributed by atoms with Gasteiger partial charge in [-0.15, -0.1) is 0 Å². The summed E-state index contributed by atoms with van der Waals surface area (Å²) >= 11 is 0. The summed E-state index contributed by atoms with van der Waals surface area (Å²) in [6, 6.07) is 4.68. The van der Waals surface area contributed by atoms with Crippen molar-refractivity contribution in [3.05, 3.63) is 66.4 Å². The van der Waals surface area contributed by atoms with Crippen LogP contribution in [0.25, 0.3) is 11.3 Å². The van der Waals surface area contributed by atoms with Crippen molar-refractivity contribution < 1.29 is 30.8 Å². The molecule has 0 unspecified atom stereocenters. The lowest BCUT2D eigenvalue weighted by Crippen LogP contribution is -2.48. The Kier molecular flexibility index (Phi) is 6.18. The molecule has 0 radical (unpaired) electrons. The van der Waals surface area contributed by atoms with E-state index in [1.807, 2.05) is 6.92 Å². The number of carbonyl (C=O) groups excluding carboxylic acids is 1. The molecule has 4 atom stereocenters. The van der Waals surface area contributed by atoms with Crippen molar-refractivity contribution in [2.45, 2.75) is 43.0 Å². The Morgan fingerprint density at radius 3 is 2.43 bits per heavy atom. The van der Waals surface area contributed by atoms with Crippen molar-refractivity contribution in [1.82, 2.24) is 29.6 Å². The van der Waals surface area contributed by atoms with E-state index in [4.69, 9.17) is 0 Å². The molecule has 5 rings (SSSR count). The maximum absolute atomic E-state index is 13.3. The molecule has 1 saturated carbocycles. The second-order valence-electron chi connectivity index (χ2n) is 8.96. The van der Waals surface area contributed by atoms with Gasteiger partial charge >= 0.3 is 6.18 Å². The van der Waals surface area contributed by atoms with Crippen LogP contribution in [0.4, 0.5) is 17.6 Å². The molecule has 1 saturated heterocycles. The van der Waals surface area contributed by atoms with E-state index >= 15 is 0 Å². The number of halogens is 4. The van der Waals surface area contributed by atoms with Crippen molar-refractivity contribution >= 4 is 15.9 Å². The number of nitrogens with zero attached hydrogens (tertiary/aromatic N) is 5. The molecular formula is C23H20F4N6O3S. The number of aromatic nitrogens is 4. The number of rotatable bonds is 6. The molecule has 1 aliphatic heterocycles. The molecule has 1 aromatic carbocycles. The van der Waals surface area contributed by atoms with Crippen molar-refractivity contribution in [3.8, 4) is 11.3 Å². The van der Waals surface area contributed by atoms with E-state index in [0.29, 0.717) is 12.1 Å². The third kappa shape index (κ3) is 4.78. The molecule has 2 fully saturated rings. The minimum absolute atomic E-state index is 0.0521. The molecule has 14 heteroatoms. The van der Waals surface area contributed by atoms with Crippen LogP contribution in [0.3, 0.4) is 0 Å². The Morgan fingerprint density at radius 2 is 1.78 bits per heavy atom. The van der Waals surface area contributed by atoms with Gasteiger partial charge in [-0.25, -0.2) is 32.7 Å². The molecule has 37 heavy (non-hydrogen) atoms. The Hall–Kier alpha value is -3.52. The molecule has 0 bridgehead atoms. The summed E-state index contributed by atoms with van der Waals surface area (Å²) in [6.07, 6.45) is -1.14. The van der Waals surface area contributed by atoms with Crippen LogP contribution < -0.4 is 5.32 Å². The normalized spacial score (nSPS) is 23.5. The summed E-state index contributed by atoms with van der Waals surface area (Å²) < 4.78 is 79.3. The fourth-order valence-corrected chi connectivity index (χ4v) is 6.61. The Morgan fingerprint density at radius 1 is 1.11 bits per heavy atom. The summed E-state index contributed by atoms with van der Waals surface area (Å²) in [5.74, 6) is -2.20. The van der Waals surface area contributed by atoms with Gasteiger partial charge in [-0.1, -0.05) is 6.92 Å². The SMILES string of the molecule is C[C@H]1[C@H]2C[C@@H](C(=O)NCc3cc(-c4cnc(C(F)(F)F)nc4)ncn3)N(S(=O)(=O)c3ccc(F)cc3)[C@@H]12. The number of fused-ring (bicyclic) bond motifs is 1. The van der Waals surface area contributed by atoms with Gasteiger partial charge in [0, 0.05) is 24.0 Å². The Balaban J connectivity index is 1.30. The van der Waals surface area contributed by atoms with Crippen LogP contribution in [0.2, 0.25) is 0 Å². The molecule has 3 aromatic rings. The van der Waals surface area contributed by atoms with Crippen LogP contribution >= 0.6 is 0 Å². The molecular weight excluding hydrogens is 516 g/mol. The molecule has 3 heterocycles. The second-order valence-corrected chi connectivity index (χ2v) is 10.8. The summed E-state index contributed by atoms with van der Waals surface area (Å²) in [5, 5.41) is 2.69. The van der Waals surface area contributed by atoms with E-state index < -0.39 is 39.8 Å². The minimum Gasteiger partial charge on any atom is -0.349 e. The maximum Gasteiger partial charge on any atom is 0.451 e. The van der Waals surface area contributed by atoms with Gasteiger partial charge in [-0.3, -0.25) is 4.79 Å². The number of sulfonamides is 1. The first-order chi connectivity index (χ1) is 17.5. The molecule has 1 amide bonds. The topological polar surface area (TPSA) is 118 Å². The highest BCUT2D eigenvalue weighted by Gasteiger charge is 2.63. The minimum atomic E-state index is -4.67. The number of alkyl halides is 3. The van der Waals surface area contributed by atoms with Gasteiger partial charge in [-0.2, -0.15) is 17.5 Å².